The van der Waals surface area contributed by atoms with Crippen LogP contribution in [-0.4, -0.2) is 6.71 Å². The maximum Gasteiger partial charge on any atom is 0.257 e. The van der Waals surface area contributed by atoms with E-state index < -0.39 is 0 Å². The fourth-order valence-electron chi connectivity index (χ4n) is 9.07. The van der Waals surface area contributed by atoms with Gasteiger partial charge in [-0.3, -0.25) is 0 Å². The largest absolute Gasteiger partial charge is 0.458 e. The smallest absolute Gasteiger partial charge is 0.257 e. The van der Waals surface area contributed by atoms with Crippen LogP contribution < -0.4 is 30.9 Å². The minimum atomic E-state index is -0.268. The lowest BCUT2D eigenvalue weighted by Gasteiger charge is -2.41. The summed E-state index contributed by atoms with van der Waals surface area (Å²) in [5.41, 5.74) is 12.9. The molecule has 2 aliphatic heterocycles. The number of rotatable bonds is 6. The second-order valence-corrected chi connectivity index (χ2v) is 14.9. The highest BCUT2D eigenvalue weighted by atomic mass is 19.1. The Balaban J connectivity index is 1.16. The first-order valence-corrected chi connectivity index (χ1v) is 19.6. The molecule has 270 valence electrons. The van der Waals surface area contributed by atoms with Crippen molar-refractivity contribution in [3.63, 3.8) is 0 Å². The molecule has 0 atom stereocenters. The number of ether oxygens (including phenoxy) is 1. The van der Waals surface area contributed by atoms with Crippen LogP contribution in [0.2, 0.25) is 0 Å². The van der Waals surface area contributed by atoms with Gasteiger partial charge in [0.2, 0.25) is 0 Å². The molecule has 8 aromatic rings. The number of fused-ring (bicyclic) bond motifs is 6. The van der Waals surface area contributed by atoms with Crippen LogP contribution in [0.3, 0.4) is 0 Å². The van der Waals surface area contributed by atoms with Crippen molar-refractivity contribution in [3.05, 3.63) is 206 Å². The van der Waals surface area contributed by atoms with Gasteiger partial charge in [0.15, 0.2) is 0 Å². The van der Waals surface area contributed by atoms with Crippen molar-refractivity contribution >= 4 is 73.6 Å². The average Bonchev–Trinajstić information content (AvgIpc) is 3.28. The molecule has 0 unspecified atom stereocenters. The van der Waals surface area contributed by atoms with Crippen LogP contribution in [-0.2, 0) is 0 Å². The van der Waals surface area contributed by atoms with E-state index in [9.17, 15) is 0 Å². The lowest BCUT2D eigenvalue weighted by molar-refractivity contribution is 0.488. The summed E-state index contributed by atoms with van der Waals surface area (Å²) in [6.07, 6.45) is 8.43. The minimum Gasteiger partial charge on any atom is -0.458 e. The summed E-state index contributed by atoms with van der Waals surface area (Å²) < 4.78 is 23.8. The number of benzene rings is 8. The van der Waals surface area contributed by atoms with Crippen molar-refractivity contribution in [1.82, 2.24) is 0 Å². The van der Waals surface area contributed by atoms with Gasteiger partial charge in [0.1, 0.15) is 17.3 Å². The molecular formula is C52H36BFN2O. The highest BCUT2D eigenvalue weighted by Crippen LogP contribution is 2.46. The average molecular weight is 735 g/mol. The van der Waals surface area contributed by atoms with E-state index in [0.717, 1.165) is 102 Å². The third-order valence-electron chi connectivity index (χ3n) is 11.6. The highest BCUT2D eigenvalue weighted by molar-refractivity contribution is 7.00. The van der Waals surface area contributed by atoms with E-state index in [-0.39, 0.29) is 12.5 Å². The van der Waals surface area contributed by atoms with Crippen molar-refractivity contribution in [2.24, 2.45) is 0 Å². The van der Waals surface area contributed by atoms with E-state index in [1.165, 1.54) is 0 Å². The number of nitrogens with zero attached hydrogens (tertiary/aromatic N) is 2. The highest BCUT2D eigenvalue weighted by Gasteiger charge is 2.43. The Morgan fingerprint density at radius 3 is 1.93 bits per heavy atom. The monoisotopic (exact) mass is 734 g/mol. The van der Waals surface area contributed by atoms with Crippen LogP contribution in [0, 0.1) is 5.82 Å². The van der Waals surface area contributed by atoms with Crippen LogP contribution >= 0.6 is 0 Å². The zero-order valence-electron chi connectivity index (χ0n) is 31.1. The minimum absolute atomic E-state index is 0.185. The zero-order chi connectivity index (χ0) is 37.9. The van der Waals surface area contributed by atoms with Gasteiger partial charge in [0.05, 0.1) is 11.4 Å². The third-order valence-corrected chi connectivity index (χ3v) is 11.6. The molecule has 0 radical (unpaired) electrons. The lowest BCUT2D eigenvalue weighted by Crippen LogP contribution is -2.59. The van der Waals surface area contributed by atoms with E-state index >= 15 is 4.39 Å². The van der Waals surface area contributed by atoms with Gasteiger partial charge in [0, 0.05) is 34.2 Å². The summed E-state index contributed by atoms with van der Waals surface area (Å²) >= 11 is 0. The van der Waals surface area contributed by atoms with Gasteiger partial charge >= 0.3 is 0 Å². The molecule has 0 bridgehead atoms. The zero-order valence-corrected chi connectivity index (χ0v) is 31.1. The van der Waals surface area contributed by atoms with E-state index in [1.807, 2.05) is 24.3 Å². The Morgan fingerprint density at radius 2 is 1.21 bits per heavy atom. The SMILES string of the molecule is Fc1cc(C2=CCCC=C2)ccc1N1c2ccc(-c3ccccc3)cc2B2c3c(cccc31)Oc1cc(N(c3ccccc3)c3ccccc3)c3ccccc3c12. The Hall–Kier alpha value is -7.11. The number of halogens is 1. The molecule has 11 rings (SSSR count). The molecule has 0 saturated carbocycles. The number of allylic oxidation sites excluding steroid dienone is 4. The molecule has 5 heteroatoms. The molecule has 0 saturated heterocycles. The Kier molecular flexibility index (Phi) is 7.92. The second-order valence-electron chi connectivity index (χ2n) is 14.9. The third kappa shape index (κ3) is 5.49. The topological polar surface area (TPSA) is 15.7 Å². The summed E-state index contributed by atoms with van der Waals surface area (Å²) in [7, 11) is 0. The molecular weight excluding hydrogens is 698 g/mol. The predicted molar refractivity (Wildman–Crippen MR) is 236 cm³/mol. The Bertz CT molecular complexity index is 2870. The molecule has 3 aliphatic rings. The van der Waals surface area contributed by atoms with Crippen molar-refractivity contribution in [3.8, 4) is 22.6 Å². The van der Waals surface area contributed by atoms with Gasteiger partial charge in [-0.05, 0) is 111 Å². The van der Waals surface area contributed by atoms with E-state index in [2.05, 4.69) is 174 Å². The standard InChI is InChI=1S/C52H36BFN2O/c54-44-33-38(36-18-7-2-8-19-36)29-31-46(44)56-45-30-28-37(35-16-5-1-6-17-35)32-43(45)53-51-42-25-14-13-24-41(42)48(34-50(51)57-49-27-15-26-47(56)52(49)53)55(39-20-9-3-10-21-39)40-22-11-4-12-23-40/h1,3-7,9-34H,2,8H2. The first-order valence-electron chi connectivity index (χ1n) is 19.6. The Morgan fingerprint density at radius 1 is 0.526 bits per heavy atom. The van der Waals surface area contributed by atoms with Gasteiger partial charge in [-0.15, -0.1) is 0 Å². The number of hydrogen-bond acceptors (Lipinski definition) is 3. The molecule has 0 spiro atoms. The number of para-hydroxylation sites is 2. The lowest BCUT2D eigenvalue weighted by atomic mass is 9.33. The van der Waals surface area contributed by atoms with Crippen LogP contribution in [0.25, 0.3) is 27.5 Å². The fraction of sp³-hybridized carbons (Fsp3) is 0.0385. The van der Waals surface area contributed by atoms with Crippen LogP contribution in [0.5, 0.6) is 11.5 Å². The van der Waals surface area contributed by atoms with Crippen LogP contribution in [0.4, 0.5) is 38.5 Å². The van der Waals surface area contributed by atoms with Gasteiger partial charge in [-0.2, -0.15) is 0 Å². The molecule has 8 aromatic carbocycles. The summed E-state index contributed by atoms with van der Waals surface area (Å²) in [6.45, 7) is -0.185. The normalized spacial score (nSPS) is 13.7. The predicted octanol–water partition coefficient (Wildman–Crippen LogP) is 12.3. The van der Waals surface area contributed by atoms with Gasteiger partial charge in [-0.25, -0.2) is 4.39 Å². The summed E-state index contributed by atoms with van der Waals surface area (Å²) in [5, 5.41) is 2.23. The summed E-state index contributed by atoms with van der Waals surface area (Å²) in [4.78, 5) is 4.41. The van der Waals surface area contributed by atoms with E-state index in [0.29, 0.717) is 5.69 Å². The van der Waals surface area contributed by atoms with Crippen LogP contribution in [0.1, 0.15) is 18.4 Å². The fourth-order valence-corrected chi connectivity index (χ4v) is 9.07. The van der Waals surface area contributed by atoms with E-state index in [4.69, 9.17) is 4.74 Å². The van der Waals surface area contributed by atoms with Crippen molar-refractivity contribution in [1.29, 1.82) is 0 Å². The molecule has 0 amide bonds. The van der Waals surface area contributed by atoms with Crippen LogP contribution in [0.15, 0.2) is 194 Å². The number of anilines is 6. The van der Waals surface area contributed by atoms with Crippen molar-refractivity contribution in [2.45, 2.75) is 12.8 Å². The quantitative estimate of drug-likeness (QED) is 0.158. The maximum atomic E-state index is 16.7. The van der Waals surface area contributed by atoms with Crippen molar-refractivity contribution < 1.29 is 9.13 Å². The molecule has 3 nitrogen and oxygen atoms in total. The summed E-state index contributed by atoms with van der Waals surface area (Å²) in [5.74, 6) is 1.31. The van der Waals surface area contributed by atoms with Gasteiger partial charge in [0.25, 0.3) is 6.71 Å². The second kappa shape index (κ2) is 13.6. The van der Waals surface area contributed by atoms with E-state index in [1.54, 1.807) is 6.07 Å². The van der Waals surface area contributed by atoms with Gasteiger partial charge in [-0.1, -0.05) is 133 Å². The molecule has 0 N–H and O–H groups in total. The van der Waals surface area contributed by atoms with Gasteiger partial charge < -0.3 is 14.5 Å². The molecule has 0 aromatic heterocycles. The van der Waals surface area contributed by atoms with Crippen molar-refractivity contribution in [2.75, 3.05) is 9.80 Å². The Labute approximate surface area is 332 Å². The number of hydrogen-bond donors (Lipinski definition) is 0. The molecule has 57 heavy (non-hydrogen) atoms. The first-order chi connectivity index (χ1) is 28.2. The summed E-state index contributed by atoms with van der Waals surface area (Å²) in [6, 6.07) is 60.9. The molecule has 1 aliphatic carbocycles. The molecule has 2 heterocycles. The first kappa shape index (κ1) is 33.3. The molecule has 0 fully saturated rings. The maximum absolute atomic E-state index is 16.7.